The van der Waals surface area contributed by atoms with Crippen molar-refractivity contribution in [1.29, 1.82) is 0 Å². The Balaban J connectivity index is 1.61. The Morgan fingerprint density at radius 2 is 1.52 bits per heavy atom. The molecule has 174 valence electrons. The number of nitrogens with zero attached hydrogens (tertiary/aromatic N) is 1. The van der Waals surface area contributed by atoms with Crippen LogP contribution in [0.5, 0.6) is 5.75 Å². The first-order valence-electron chi connectivity index (χ1n) is 11.1. The van der Waals surface area contributed by atoms with Gasteiger partial charge in [0.15, 0.2) is 0 Å². The fourth-order valence-corrected chi connectivity index (χ4v) is 5.92. The summed E-state index contributed by atoms with van der Waals surface area (Å²) < 4.78 is 19.2. The van der Waals surface area contributed by atoms with Gasteiger partial charge in [0.1, 0.15) is 0 Å². The molecule has 5 nitrogen and oxygen atoms in total. The average Bonchev–Trinajstić information content (AvgIpc) is 2.84. The molecular weight excluding hydrogens is 481 g/mol. The van der Waals surface area contributed by atoms with E-state index in [0.717, 1.165) is 39.6 Å². The number of aryl methyl sites for hydroxylation is 3. The van der Waals surface area contributed by atoms with Gasteiger partial charge in [-0.05, 0) is 0 Å². The van der Waals surface area contributed by atoms with Gasteiger partial charge in [-0.1, -0.05) is 0 Å². The second-order valence-corrected chi connectivity index (χ2v) is 11.4. The molecule has 6 heteroatoms. The Bertz CT molecular complexity index is 1050. The molecule has 0 radical (unpaired) electrons. The second kappa shape index (κ2) is 12.3. The molecule has 3 aromatic rings. The number of hydrogen-bond acceptors (Lipinski definition) is 4. The fraction of sp³-hybridized carbons (Fsp3) is 0.296. The van der Waals surface area contributed by atoms with Crippen LogP contribution in [0.15, 0.2) is 72.8 Å². The molecule has 0 fully saturated rings. The topological polar surface area (TPSA) is 66.8 Å². The number of amides is 1. The summed E-state index contributed by atoms with van der Waals surface area (Å²) in [6.07, 6.45) is 1.14. The number of carbonyl (C=O) groups excluding carboxylic acids is 1. The zero-order valence-corrected chi connectivity index (χ0v) is 20.9. The summed E-state index contributed by atoms with van der Waals surface area (Å²) in [5, 5.41) is 10.4. The van der Waals surface area contributed by atoms with E-state index in [1.54, 1.807) is 4.90 Å². The quantitative estimate of drug-likeness (QED) is 0.392. The predicted molar refractivity (Wildman–Crippen MR) is 131 cm³/mol. The van der Waals surface area contributed by atoms with Crippen molar-refractivity contribution in [2.75, 3.05) is 13.1 Å². The van der Waals surface area contributed by atoms with E-state index in [9.17, 15) is 13.7 Å². The van der Waals surface area contributed by atoms with Crippen molar-refractivity contribution in [3.05, 3.63) is 95.1 Å². The first-order valence-corrected chi connectivity index (χ1v) is 13.9. The number of hydrogen-bond donors (Lipinski definition) is 1. The van der Waals surface area contributed by atoms with Crippen molar-refractivity contribution >= 4 is 24.4 Å². The molecule has 0 aliphatic carbocycles. The van der Waals surface area contributed by atoms with Gasteiger partial charge >= 0.3 is 200 Å². The van der Waals surface area contributed by atoms with Crippen LogP contribution < -0.4 is 4.46 Å². The molecule has 1 amide bonds. The molecule has 0 heterocycles. The first-order chi connectivity index (χ1) is 15.9. The molecule has 0 aliphatic heterocycles. The molecule has 0 aliphatic rings. The maximum absolute atomic E-state index is 12.8. The van der Waals surface area contributed by atoms with Crippen molar-refractivity contribution < 1.29 is 18.5 Å². The van der Waals surface area contributed by atoms with Crippen LogP contribution in [0, 0.1) is 13.8 Å². The molecule has 0 saturated carbocycles. The van der Waals surface area contributed by atoms with E-state index in [-0.39, 0.29) is 12.7 Å². The van der Waals surface area contributed by atoms with Crippen molar-refractivity contribution in [1.82, 2.24) is 4.90 Å². The van der Waals surface area contributed by atoms with E-state index in [4.69, 9.17) is 4.74 Å². The van der Waals surface area contributed by atoms with Crippen LogP contribution >= 0.6 is 0 Å². The van der Waals surface area contributed by atoms with Gasteiger partial charge in [0.05, 0.1) is 0 Å². The van der Waals surface area contributed by atoms with Crippen LogP contribution in [-0.2, 0) is 21.6 Å². The van der Waals surface area contributed by atoms with Gasteiger partial charge in [-0.3, -0.25) is 0 Å². The van der Waals surface area contributed by atoms with Gasteiger partial charge in [-0.15, -0.1) is 0 Å². The van der Waals surface area contributed by atoms with E-state index < -0.39 is 13.8 Å². The van der Waals surface area contributed by atoms with Crippen molar-refractivity contribution in [2.24, 2.45) is 0 Å². The van der Waals surface area contributed by atoms with Crippen LogP contribution in [-0.4, -0.2) is 43.0 Å². The summed E-state index contributed by atoms with van der Waals surface area (Å²) in [5.74, 6) is 0.330. The monoisotopic (exact) mass is 513 g/mol. The van der Waals surface area contributed by atoms with Crippen LogP contribution in [0.1, 0.15) is 28.7 Å². The molecule has 0 spiro atoms. The van der Waals surface area contributed by atoms with E-state index in [1.165, 1.54) is 0 Å². The van der Waals surface area contributed by atoms with Crippen LogP contribution in [0.4, 0.5) is 4.79 Å². The Kier molecular flexibility index (Phi) is 9.23. The Hall–Kier alpha value is -2.95. The van der Waals surface area contributed by atoms with E-state index >= 15 is 0 Å². The summed E-state index contributed by atoms with van der Waals surface area (Å²) in [7, 11) is 0. The van der Waals surface area contributed by atoms with E-state index in [1.807, 2.05) is 86.6 Å². The minimum atomic E-state index is -2.23. The molecule has 0 bridgehead atoms. The van der Waals surface area contributed by atoms with Crippen molar-refractivity contribution in [3.8, 4) is 5.75 Å². The Morgan fingerprint density at radius 1 is 0.909 bits per heavy atom. The van der Waals surface area contributed by atoms with E-state index in [0.29, 0.717) is 24.2 Å². The predicted octanol–water partition coefficient (Wildman–Crippen LogP) is 4.91. The number of ether oxygens (including phenoxy) is 1. The summed E-state index contributed by atoms with van der Waals surface area (Å²) >= 11 is -2.23. The molecule has 3 aromatic carbocycles. The van der Waals surface area contributed by atoms with Gasteiger partial charge in [0, 0.05) is 0 Å². The van der Waals surface area contributed by atoms with Crippen LogP contribution in [0.2, 0.25) is 5.32 Å². The summed E-state index contributed by atoms with van der Waals surface area (Å²) in [4.78, 5) is 14.5. The third-order valence-corrected chi connectivity index (χ3v) is 8.30. The number of aromatic hydroxyl groups is 1. The fourth-order valence-electron chi connectivity index (χ4n) is 3.65. The van der Waals surface area contributed by atoms with Gasteiger partial charge in [-0.25, -0.2) is 0 Å². The Morgan fingerprint density at radius 3 is 2.15 bits per heavy atom. The standard InChI is InChI=1S/C27H31NO4Se/c1-21-18-24(19-22(2)26(21)29)12-9-15-28(16-17-33(31)25-13-7-4-8-14-25)27(30)32-20-23-10-5-3-6-11-23/h3-8,10-11,13-14,18-19,29H,9,12,15-17,20H2,1-2H3. The number of rotatable bonds is 10. The number of phenolic OH excluding ortho intramolecular Hbond substituents is 1. The van der Waals surface area contributed by atoms with Gasteiger partial charge in [0.25, 0.3) is 0 Å². The summed E-state index contributed by atoms with van der Waals surface area (Å²) in [6.45, 7) is 4.90. The third kappa shape index (κ3) is 7.55. The zero-order chi connectivity index (χ0) is 23.6. The molecule has 0 aromatic heterocycles. The van der Waals surface area contributed by atoms with Gasteiger partial charge < -0.3 is 0 Å². The molecule has 1 N–H and O–H groups in total. The summed E-state index contributed by atoms with van der Waals surface area (Å²) in [6, 6.07) is 23.0. The maximum atomic E-state index is 12.8. The Labute approximate surface area is 200 Å². The SMILES string of the molecule is Cc1cc(CCCN(CC[Se](=O)c2ccccc2)C(=O)OCc2ccccc2)cc(C)c1O. The molecule has 3 rings (SSSR count). The second-order valence-electron chi connectivity index (χ2n) is 8.07. The van der Waals surface area contributed by atoms with Gasteiger partial charge in [-0.2, -0.15) is 0 Å². The van der Waals surface area contributed by atoms with Crippen LogP contribution in [0.25, 0.3) is 0 Å². The van der Waals surface area contributed by atoms with E-state index in [2.05, 4.69) is 0 Å². The summed E-state index contributed by atoms with van der Waals surface area (Å²) in [5.41, 5.74) is 3.76. The molecule has 0 saturated heterocycles. The normalized spacial score (nSPS) is 11.7. The third-order valence-electron chi connectivity index (χ3n) is 5.46. The minimum absolute atomic E-state index is 0.211. The van der Waals surface area contributed by atoms with Crippen LogP contribution in [0.3, 0.4) is 0 Å². The molecule has 1 unspecified atom stereocenters. The van der Waals surface area contributed by atoms with Gasteiger partial charge in [0.2, 0.25) is 0 Å². The molecule has 33 heavy (non-hydrogen) atoms. The molecular formula is C27H31NO4Se. The van der Waals surface area contributed by atoms with Crippen molar-refractivity contribution in [3.63, 3.8) is 0 Å². The zero-order valence-electron chi connectivity index (χ0n) is 19.2. The number of benzene rings is 3. The average molecular weight is 513 g/mol. The number of carbonyl (C=O) groups is 1. The first kappa shape index (κ1) is 24.7. The molecule has 1 atom stereocenters. The number of phenols is 1. The van der Waals surface area contributed by atoms with Crippen molar-refractivity contribution in [2.45, 2.75) is 38.6 Å².